The largest absolute Gasteiger partial charge is 0.494 e. The van der Waals surface area contributed by atoms with Crippen LogP contribution in [0.5, 0.6) is 11.5 Å². The Morgan fingerprint density at radius 3 is 2.69 bits per heavy atom. The van der Waals surface area contributed by atoms with Gasteiger partial charge in [0, 0.05) is 25.1 Å². The van der Waals surface area contributed by atoms with Crippen LogP contribution >= 0.6 is 0 Å². The van der Waals surface area contributed by atoms with Crippen LogP contribution in [-0.2, 0) is 0 Å². The number of carbonyl (C=O) groups is 1. The molecule has 0 unspecified atom stereocenters. The maximum atomic E-state index is 13.9. The molecule has 1 aliphatic rings. The smallest absolute Gasteiger partial charge is 0.271 e. The predicted molar refractivity (Wildman–Crippen MR) is 117 cm³/mol. The number of nitrogens with one attached hydrogen (secondary N) is 1. The molecule has 0 bridgehead atoms. The lowest BCUT2D eigenvalue weighted by atomic mass is 10.1. The van der Waals surface area contributed by atoms with Crippen LogP contribution < -0.4 is 9.47 Å². The van der Waals surface area contributed by atoms with E-state index in [0.717, 1.165) is 11.3 Å². The summed E-state index contributed by atoms with van der Waals surface area (Å²) in [5.41, 5.74) is 1.90. The third kappa shape index (κ3) is 4.91. The first kappa shape index (κ1) is 21.8. The van der Waals surface area contributed by atoms with Gasteiger partial charge in [0.15, 0.2) is 11.6 Å². The molecule has 7 nitrogen and oxygen atoms in total. The molecule has 2 atom stereocenters. The van der Waals surface area contributed by atoms with Crippen molar-refractivity contribution in [3.8, 4) is 22.8 Å². The molecule has 2 N–H and O–H groups in total. The number of rotatable bonds is 6. The Morgan fingerprint density at radius 2 is 1.94 bits per heavy atom. The van der Waals surface area contributed by atoms with E-state index in [1.807, 2.05) is 31.2 Å². The minimum Gasteiger partial charge on any atom is -0.494 e. The van der Waals surface area contributed by atoms with Crippen LogP contribution in [0, 0.1) is 5.82 Å². The molecule has 0 aliphatic carbocycles. The van der Waals surface area contributed by atoms with Crippen LogP contribution in [0.4, 0.5) is 4.39 Å². The van der Waals surface area contributed by atoms with Gasteiger partial charge < -0.3 is 19.5 Å². The topological polar surface area (TPSA) is 87.7 Å². The molecule has 1 fully saturated rings. The van der Waals surface area contributed by atoms with Crippen molar-refractivity contribution in [2.45, 2.75) is 32.0 Å². The molecule has 1 aliphatic heterocycles. The number of aromatic amines is 1. The second kappa shape index (κ2) is 9.82. The van der Waals surface area contributed by atoms with E-state index in [9.17, 15) is 14.3 Å². The highest BCUT2D eigenvalue weighted by Crippen LogP contribution is 2.24. The fourth-order valence-electron chi connectivity index (χ4n) is 3.74. The van der Waals surface area contributed by atoms with E-state index in [0.29, 0.717) is 43.9 Å². The van der Waals surface area contributed by atoms with Crippen LogP contribution in [-0.4, -0.2) is 58.0 Å². The van der Waals surface area contributed by atoms with Gasteiger partial charge in [0.1, 0.15) is 17.5 Å². The first-order valence-electron chi connectivity index (χ1n) is 10.7. The molecule has 8 heteroatoms. The van der Waals surface area contributed by atoms with Crippen LogP contribution in [0.15, 0.2) is 54.6 Å². The Kier molecular flexibility index (Phi) is 6.70. The first-order valence-corrected chi connectivity index (χ1v) is 10.7. The quantitative estimate of drug-likeness (QED) is 0.612. The number of benzene rings is 2. The number of nitrogens with zero attached hydrogens (tertiary/aromatic N) is 2. The highest BCUT2D eigenvalue weighted by molar-refractivity contribution is 5.93. The van der Waals surface area contributed by atoms with E-state index in [2.05, 4.69) is 10.2 Å². The molecule has 2 aromatic carbocycles. The fraction of sp³-hybridized carbons (Fsp3) is 0.333. The molecule has 0 radical (unpaired) electrons. The lowest BCUT2D eigenvalue weighted by Crippen LogP contribution is -2.33. The molecular weight excluding hydrogens is 413 g/mol. The molecule has 32 heavy (non-hydrogen) atoms. The minimum absolute atomic E-state index is 0.102. The molecule has 1 saturated heterocycles. The van der Waals surface area contributed by atoms with Gasteiger partial charge in [-0.25, -0.2) is 4.39 Å². The number of ether oxygens (including phenoxy) is 2. The molecule has 168 valence electrons. The number of aromatic nitrogens is 2. The average molecular weight is 439 g/mol. The van der Waals surface area contributed by atoms with Gasteiger partial charge in [-0.3, -0.25) is 9.89 Å². The standard InChI is InChI=1S/C24H26FN3O4/c1-2-31-17-9-7-16(8-10-17)19-15-20(27-26-19)24(30)28-13-11-21(29)23(12-14-28)32-22-6-4-3-5-18(22)25/h3-10,15,21,23,29H,2,11-14H2,1H3,(H,26,27)/t21-,23-/m0/s1. The number of aliphatic hydroxyl groups is 1. The van der Waals surface area contributed by atoms with E-state index in [4.69, 9.17) is 9.47 Å². The molecule has 1 aromatic heterocycles. The van der Waals surface area contributed by atoms with Gasteiger partial charge in [0.2, 0.25) is 0 Å². The van der Waals surface area contributed by atoms with E-state index in [1.165, 1.54) is 12.1 Å². The summed E-state index contributed by atoms with van der Waals surface area (Å²) in [7, 11) is 0. The second-order valence-corrected chi connectivity index (χ2v) is 7.65. The Labute approximate surface area is 185 Å². The van der Waals surface area contributed by atoms with Crippen molar-refractivity contribution in [1.29, 1.82) is 0 Å². The van der Waals surface area contributed by atoms with Gasteiger partial charge in [-0.2, -0.15) is 5.10 Å². The highest BCUT2D eigenvalue weighted by atomic mass is 19.1. The number of carbonyl (C=O) groups excluding carboxylic acids is 1. The number of amides is 1. The van der Waals surface area contributed by atoms with Crippen molar-refractivity contribution < 1.29 is 23.8 Å². The summed E-state index contributed by atoms with van der Waals surface area (Å²) < 4.78 is 25.1. The third-order valence-electron chi connectivity index (χ3n) is 5.48. The van der Waals surface area contributed by atoms with Crippen molar-refractivity contribution in [2.24, 2.45) is 0 Å². The van der Waals surface area contributed by atoms with E-state index in [1.54, 1.807) is 23.1 Å². The van der Waals surface area contributed by atoms with E-state index in [-0.39, 0.29) is 11.7 Å². The SMILES string of the molecule is CCOc1ccc(-c2cc(C(=O)N3CC[C@H](Oc4ccccc4F)[C@@H](O)CC3)[nH]n2)cc1. The van der Waals surface area contributed by atoms with Gasteiger partial charge >= 0.3 is 0 Å². The lowest BCUT2D eigenvalue weighted by molar-refractivity contribution is 0.0328. The zero-order chi connectivity index (χ0) is 22.5. The predicted octanol–water partition coefficient (Wildman–Crippen LogP) is 3.66. The Morgan fingerprint density at radius 1 is 1.19 bits per heavy atom. The maximum Gasteiger partial charge on any atom is 0.271 e. The van der Waals surface area contributed by atoms with Crippen molar-refractivity contribution in [1.82, 2.24) is 15.1 Å². The van der Waals surface area contributed by atoms with Gasteiger partial charge in [0.25, 0.3) is 5.91 Å². The first-order chi connectivity index (χ1) is 15.5. The number of H-pyrrole nitrogens is 1. The number of aliphatic hydroxyl groups excluding tert-OH is 1. The zero-order valence-corrected chi connectivity index (χ0v) is 17.8. The van der Waals surface area contributed by atoms with Crippen molar-refractivity contribution in [2.75, 3.05) is 19.7 Å². The number of para-hydroxylation sites is 1. The monoisotopic (exact) mass is 439 g/mol. The Bertz CT molecular complexity index is 1050. The summed E-state index contributed by atoms with van der Waals surface area (Å²) in [6, 6.07) is 15.3. The summed E-state index contributed by atoms with van der Waals surface area (Å²) in [4.78, 5) is 14.7. The minimum atomic E-state index is -0.798. The Balaban J connectivity index is 1.41. The number of halogens is 1. The molecule has 3 aromatic rings. The number of likely N-dealkylation sites (tertiary alicyclic amines) is 1. The maximum absolute atomic E-state index is 13.9. The van der Waals surface area contributed by atoms with Gasteiger partial charge in [-0.15, -0.1) is 0 Å². The molecule has 1 amide bonds. The molecule has 4 rings (SSSR count). The normalized spacial score (nSPS) is 18.8. The third-order valence-corrected chi connectivity index (χ3v) is 5.48. The second-order valence-electron chi connectivity index (χ2n) is 7.65. The van der Waals surface area contributed by atoms with E-state index < -0.39 is 18.0 Å². The van der Waals surface area contributed by atoms with E-state index >= 15 is 0 Å². The lowest BCUT2D eigenvalue weighted by Gasteiger charge is -2.22. The molecule has 2 heterocycles. The van der Waals surface area contributed by atoms with Crippen molar-refractivity contribution in [3.05, 3.63) is 66.1 Å². The van der Waals surface area contributed by atoms with Crippen molar-refractivity contribution >= 4 is 5.91 Å². The average Bonchev–Trinajstić information content (AvgIpc) is 3.22. The number of hydrogen-bond acceptors (Lipinski definition) is 5. The summed E-state index contributed by atoms with van der Waals surface area (Å²) in [6.45, 7) is 3.27. The van der Waals surface area contributed by atoms with Crippen LogP contribution in [0.3, 0.4) is 0 Å². The summed E-state index contributed by atoms with van der Waals surface area (Å²) in [5.74, 6) is 0.202. The van der Waals surface area contributed by atoms with Crippen molar-refractivity contribution in [3.63, 3.8) is 0 Å². The molecule has 0 saturated carbocycles. The fourth-order valence-corrected chi connectivity index (χ4v) is 3.74. The summed E-state index contributed by atoms with van der Waals surface area (Å²) in [6.07, 6.45) is -0.661. The van der Waals surface area contributed by atoms with Crippen LogP contribution in [0.25, 0.3) is 11.3 Å². The van der Waals surface area contributed by atoms with Crippen LogP contribution in [0.1, 0.15) is 30.3 Å². The summed E-state index contributed by atoms with van der Waals surface area (Å²) >= 11 is 0. The van der Waals surface area contributed by atoms with Gasteiger partial charge in [-0.05, 0) is 55.8 Å². The molecule has 0 spiro atoms. The Hall–Kier alpha value is -3.39. The molecular formula is C24H26FN3O4. The van der Waals surface area contributed by atoms with Gasteiger partial charge in [-0.1, -0.05) is 12.1 Å². The van der Waals surface area contributed by atoms with Gasteiger partial charge in [0.05, 0.1) is 18.4 Å². The zero-order valence-electron chi connectivity index (χ0n) is 17.8. The number of hydrogen-bond donors (Lipinski definition) is 2. The van der Waals surface area contributed by atoms with Crippen LogP contribution in [0.2, 0.25) is 0 Å². The summed E-state index contributed by atoms with van der Waals surface area (Å²) in [5, 5.41) is 17.6. The highest BCUT2D eigenvalue weighted by Gasteiger charge is 2.30.